The molecule has 0 atom stereocenters. The highest BCUT2D eigenvalue weighted by atomic mass is 32.1. The highest BCUT2D eigenvalue weighted by Gasteiger charge is 2.09. The highest BCUT2D eigenvalue weighted by molar-refractivity contribution is 7.80. The van der Waals surface area contributed by atoms with Gasteiger partial charge >= 0.3 is 0 Å². The van der Waals surface area contributed by atoms with Crippen molar-refractivity contribution in [2.75, 3.05) is 20.2 Å². The number of halogens is 1. The van der Waals surface area contributed by atoms with E-state index in [4.69, 9.17) is 23.1 Å². The summed E-state index contributed by atoms with van der Waals surface area (Å²) in [5.41, 5.74) is 7.07. The maximum absolute atomic E-state index is 13.2. The molecule has 0 aliphatic carbocycles. The predicted octanol–water partition coefficient (Wildman–Crippen LogP) is 1.27. The molecule has 0 bridgehead atoms. The summed E-state index contributed by atoms with van der Waals surface area (Å²) < 4.78 is 13.2. The number of nitrogens with zero attached hydrogens (tertiary/aromatic N) is 1. The third kappa shape index (κ3) is 4.38. The lowest BCUT2D eigenvalue weighted by atomic mass is 10.1. The zero-order valence-electron chi connectivity index (χ0n) is 9.82. The lowest BCUT2D eigenvalue weighted by molar-refractivity contribution is 0.244. The van der Waals surface area contributed by atoms with Crippen LogP contribution in [-0.4, -0.2) is 35.2 Å². The Morgan fingerprint density at radius 2 is 2.24 bits per heavy atom. The van der Waals surface area contributed by atoms with Crippen LogP contribution in [0.4, 0.5) is 4.39 Å². The van der Waals surface area contributed by atoms with Gasteiger partial charge in [-0.2, -0.15) is 0 Å². The summed E-state index contributed by atoms with van der Waals surface area (Å²) in [5.74, 6) is -0.296. The summed E-state index contributed by atoms with van der Waals surface area (Å²) >= 11 is 4.93. The van der Waals surface area contributed by atoms with Crippen molar-refractivity contribution in [2.45, 2.75) is 13.0 Å². The van der Waals surface area contributed by atoms with Crippen molar-refractivity contribution < 1.29 is 9.50 Å². The fourth-order valence-corrected chi connectivity index (χ4v) is 1.84. The van der Waals surface area contributed by atoms with Gasteiger partial charge < -0.3 is 15.7 Å². The van der Waals surface area contributed by atoms with Gasteiger partial charge in [-0.25, -0.2) is 4.39 Å². The smallest absolute Gasteiger partial charge is 0.123 e. The van der Waals surface area contributed by atoms with Crippen molar-refractivity contribution in [2.24, 2.45) is 5.73 Å². The molecule has 0 aliphatic heterocycles. The molecule has 5 heteroatoms. The minimum absolute atomic E-state index is 0.148. The molecule has 1 aromatic rings. The Balaban J connectivity index is 2.81. The van der Waals surface area contributed by atoms with Crippen molar-refractivity contribution in [3.05, 3.63) is 35.1 Å². The van der Waals surface area contributed by atoms with Gasteiger partial charge in [0.25, 0.3) is 0 Å². The quantitative estimate of drug-likeness (QED) is 0.753. The van der Waals surface area contributed by atoms with E-state index in [2.05, 4.69) is 0 Å². The third-order valence-corrected chi connectivity index (χ3v) is 2.69. The van der Waals surface area contributed by atoms with Crippen molar-refractivity contribution in [1.82, 2.24) is 4.90 Å². The first kappa shape index (κ1) is 14.0. The number of hydrogen-bond donors (Lipinski definition) is 2. The van der Waals surface area contributed by atoms with Gasteiger partial charge in [-0.1, -0.05) is 12.2 Å². The van der Waals surface area contributed by atoms with Crippen LogP contribution in [-0.2, 0) is 6.54 Å². The van der Waals surface area contributed by atoms with Crippen LogP contribution in [0.5, 0.6) is 0 Å². The van der Waals surface area contributed by atoms with E-state index in [1.807, 2.05) is 11.9 Å². The lowest BCUT2D eigenvalue weighted by Gasteiger charge is -2.18. The second-order valence-corrected chi connectivity index (χ2v) is 4.42. The van der Waals surface area contributed by atoms with Gasteiger partial charge in [-0.15, -0.1) is 0 Å². The Kier molecular flexibility index (Phi) is 5.47. The predicted molar refractivity (Wildman–Crippen MR) is 70.3 cm³/mol. The monoisotopic (exact) mass is 256 g/mol. The fourth-order valence-electron chi connectivity index (χ4n) is 1.64. The molecule has 0 aromatic heterocycles. The molecule has 1 aromatic carbocycles. The summed E-state index contributed by atoms with van der Waals surface area (Å²) in [7, 11) is 1.91. The van der Waals surface area contributed by atoms with Crippen molar-refractivity contribution >= 4 is 17.2 Å². The summed E-state index contributed by atoms with van der Waals surface area (Å²) in [6.07, 6.45) is 0.689. The number of thiocarbonyl (C=S) groups is 1. The van der Waals surface area contributed by atoms with Gasteiger partial charge in [0.05, 0.1) is 0 Å². The number of hydrogen-bond acceptors (Lipinski definition) is 3. The summed E-state index contributed by atoms with van der Waals surface area (Å²) in [6.45, 7) is 1.45. The topological polar surface area (TPSA) is 49.5 Å². The van der Waals surface area contributed by atoms with Crippen LogP contribution in [0.2, 0.25) is 0 Å². The number of aliphatic hydroxyl groups is 1. The minimum Gasteiger partial charge on any atom is -0.396 e. The van der Waals surface area contributed by atoms with Gasteiger partial charge in [0.15, 0.2) is 0 Å². The Morgan fingerprint density at radius 1 is 1.53 bits per heavy atom. The Morgan fingerprint density at radius 3 is 2.82 bits per heavy atom. The van der Waals surface area contributed by atoms with Gasteiger partial charge in [-0.3, -0.25) is 0 Å². The van der Waals surface area contributed by atoms with E-state index < -0.39 is 0 Å². The van der Waals surface area contributed by atoms with Gasteiger partial charge in [-0.05, 0) is 37.2 Å². The molecular formula is C12H17FN2OS. The molecule has 0 heterocycles. The lowest BCUT2D eigenvalue weighted by Crippen LogP contribution is -2.22. The largest absolute Gasteiger partial charge is 0.396 e. The maximum atomic E-state index is 13.2. The van der Waals surface area contributed by atoms with E-state index in [0.29, 0.717) is 18.5 Å². The zero-order valence-corrected chi connectivity index (χ0v) is 10.6. The summed E-state index contributed by atoms with van der Waals surface area (Å²) in [6, 6.07) is 4.41. The SMILES string of the molecule is CN(CCCO)Cc1cc(F)ccc1C(N)=S. The van der Waals surface area contributed by atoms with Gasteiger partial charge in [0.2, 0.25) is 0 Å². The van der Waals surface area contributed by atoms with E-state index >= 15 is 0 Å². The first-order valence-electron chi connectivity index (χ1n) is 5.42. The summed E-state index contributed by atoms with van der Waals surface area (Å²) in [5, 5.41) is 8.74. The molecule has 0 amide bonds. The van der Waals surface area contributed by atoms with E-state index in [0.717, 1.165) is 12.1 Å². The number of nitrogens with two attached hydrogens (primary N) is 1. The maximum Gasteiger partial charge on any atom is 0.123 e. The minimum atomic E-state index is -0.296. The Hall–Kier alpha value is -1.04. The van der Waals surface area contributed by atoms with E-state index in [1.54, 1.807) is 6.07 Å². The number of rotatable bonds is 6. The number of aliphatic hydroxyl groups excluding tert-OH is 1. The zero-order chi connectivity index (χ0) is 12.8. The van der Waals surface area contributed by atoms with Crippen molar-refractivity contribution in [1.29, 1.82) is 0 Å². The van der Waals surface area contributed by atoms with Gasteiger partial charge in [0.1, 0.15) is 10.8 Å². The molecular weight excluding hydrogens is 239 g/mol. The normalized spacial score (nSPS) is 10.8. The molecule has 0 aliphatic rings. The van der Waals surface area contributed by atoms with Crippen LogP contribution < -0.4 is 5.73 Å². The van der Waals surface area contributed by atoms with Crippen LogP contribution in [0, 0.1) is 5.82 Å². The molecule has 0 radical (unpaired) electrons. The van der Waals surface area contributed by atoms with Crippen LogP contribution in [0.3, 0.4) is 0 Å². The first-order chi connectivity index (χ1) is 8.04. The second-order valence-electron chi connectivity index (χ2n) is 3.98. The highest BCUT2D eigenvalue weighted by Crippen LogP contribution is 2.13. The number of benzene rings is 1. The van der Waals surface area contributed by atoms with E-state index in [1.165, 1.54) is 12.1 Å². The third-order valence-electron chi connectivity index (χ3n) is 2.47. The van der Waals surface area contributed by atoms with E-state index in [9.17, 15) is 4.39 Å². The van der Waals surface area contributed by atoms with Crippen LogP contribution >= 0.6 is 12.2 Å². The average Bonchev–Trinajstić information content (AvgIpc) is 2.26. The summed E-state index contributed by atoms with van der Waals surface area (Å²) in [4.78, 5) is 2.27. The standard InChI is InChI=1S/C12H17FN2OS/c1-15(5-2-6-16)8-9-7-10(13)3-4-11(9)12(14)17/h3-4,7,16H,2,5-6,8H2,1H3,(H2,14,17). The molecule has 3 N–H and O–H groups in total. The molecule has 0 fully saturated rings. The molecule has 3 nitrogen and oxygen atoms in total. The van der Waals surface area contributed by atoms with E-state index in [-0.39, 0.29) is 17.4 Å². The van der Waals surface area contributed by atoms with Crippen LogP contribution in [0.15, 0.2) is 18.2 Å². The molecule has 17 heavy (non-hydrogen) atoms. The van der Waals surface area contributed by atoms with Crippen LogP contribution in [0.25, 0.3) is 0 Å². The molecule has 0 unspecified atom stereocenters. The molecule has 94 valence electrons. The van der Waals surface area contributed by atoms with Gasteiger partial charge in [0, 0.05) is 25.3 Å². The molecule has 1 rings (SSSR count). The molecule has 0 saturated carbocycles. The fraction of sp³-hybridized carbons (Fsp3) is 0.417. The van der Waals surface area contributed by atoms with Crippen molar-refractivity contribution in [3.8, 4) is 0 Å². The Labute approximate surface area is 106 Å². The molecule has 0 saturated heterocycles. The average molecular weight is 256 g/mol. The first-order valence-corrected chi connectivity index (χ1v) is 5.83. The Bertz CT molecular complexity index is 398. The van der Waals surface area contributed by atoms with Crippen LogP contribution in [0.1, 0.15) is 17.5 Å². The molecule has 0 spiro atoms. The second kappa shape index (κ2) is 6.64. The van der Waals surface area contributed by atoms with Crippen molar-refractivity contribution in [3.63, 3.8) is 0 Å².